The van der Waals surface area contributed by atoms with Gasteiger partial charge in [-0.1, -0.05) is 53.2 Å². The van der Waals surface area contributed by atoms with Crippen molar-refractivity contribution in [3.05, 3.63) is 11.6 Å². The van der Waals surface area contributed by atoms with E-state index in [4.69, 9.17) is 28.4 Å². The van der Waals surface area contributed by atoms with Crippen LogP contribution in [0.2, 0.25) is 0 Å². The highest BCUT2D eigenvalue weighted by Crippen LogP contribution is 2.76. The van der Waals surface area contributed by atoms with Gasteiger partial charge in [-0.05, 0) is 104 Å². The van der Waals surface area contributed by atoms with E-state index in [9.17, 15) is 65.8 Å². The zero-order valence-corrected chi connectivity index (χ0v) is 38.8. The average Bonchev–Trinajstić information content (AvgIpc) is 3.27. The first kappa shape index (κ1) is 50.5. The van der Waals surface area contributed by atoms with Crippen molar-refractivity contribution in [2.45, 2.75) is 198 Å². The van der Waals surface area contributed by atoms with E-state index in [-0.39, 0.29) is 46.0 Å². The van der Waals surface area contributed by atoms with Gasteiger partial charge in [-0.3, -0.25) is 4.79 Å². The maximum absolute atomic E-state index is 14.7. The van der Waals surface area contributed by atoms with Crippen molar-refractivity contribution in [3.8, 4) is 0 Å². The lowest BCUT2D eigenvalue weighted by Gasteiger charge is -2.71. The van der Waals surface area contributed by atoms with Gasteiger partial charge in [-0.15, -0.1) is 0 Å². The summed E-state index contributed by atoms with van der Waals surface area (Å²) in [6.07, 6.45) is -15.2. The van der Waals surface area contributed by atoms with Gasteiger partial charge >= 0.3 is 11.9 Å². The molecule has 3 saturated heterocycles. The Bertz CT molecular complexity index is 1850. The van der Waals surface area contributed by atoms with Crippen LogP contribution in [-0.4, -0.2) is 180 Å². The van der Waals surface area contributed by atoms with E-state index in [2.05, 4.69) is 40.7 Å². The van der Waals surface area contributed by atoms with E-state index >= 15 is 0 Å². The topological polar surface area (TPSA) is 312 Å². The molecule has 23 atom stereocenters. The molecule has 7 fully saturated rings. The van der Waals surface area contributed by atoms with E-state index < -0.39 is 128 Å². The molecule has 0 aromatic carbocycles. The zero-order chi connectivity index (χ0) is 48.3. The van der Waals surface area contributed by atoms with Crippen molar-refractivity contribution in [3.63, 3.8) is 0 Å². The molecule has 0 unspecified atom stereocenters. The Kier molecular flexibility index (Phi) is 13.6. The Labute approximate surface area is 385 Å². The quantitative estimate of drug-likeness (QED) is 0.0813. The van der Waals surface area contributed by atoms with Crippen LogP contribution in [0, 0.1) is 50.2 Å². The van der Waals surface area contributed by atoms with Crippen LogP contribution in [0.4, 0.5) is 0 Å². The highest BCUT2D eigenvalue weighted by atomic mass is 16.7. The smallest absolute Gasteiger partial charge is 0.335 e. The van der Waals surface area contributed by atoms with Gasteiger partial charge in [-0.25, -0.2) is 4.79 Å². The molecule has 0 amide bonds. The molecule has 3 aliphatic heterocycles. The minimum absolute atomic E-state index is 0.0934. The molecule has 8 aliphatic rings. The zero-order valence-electron chi connectivity index (χ0n) is 38.8. The van der Waals surface area contributed by atoms with Crippen LogP contribution >= 0.6 is 0 Å². The van der Waals surface area contributed by atoms with E-state index in [1.54, 1.807) is 0 Å². The number of aliphatic carboxylic acids is 1. The first-order chi connectivity index (χ1) is 30.8. The molecule has 0 aromatic heterocycles. The van der Waals surface area contributed by atoms with Crippen LogP contribution in [0.1, 0.15) is 106 Å². The number of carbonyl (C=O) groups excluding carboxylic acids is 1. The molecule has 5 aliphatic carbocycles. The minimum atomic E-state index is -1.91. The average molecular weight is 943 g/mol. The van der Waals surface area contributed by atoms with E-state index in [1.807, 2.05) is 6.92 Å². The second kappa shape index (κ2) is 17.7. The van der Waals surface area contributed by atoms with E-state index in [0.29, 0.717) is 44.9 Å². The molecular formula is C47H74O19. The standard InChI is InChI=1S/C47H74O19/c1-42(2)13-15-47(41(60)66-39-33(56)30(53)29(52)24(18-48)62-39)16-14-45(5)21(22(47)17-42)7-8-26-43(3)11-10-27(44(4,20-49)25(43)9-12-46(26,45)6)63-40-34(57)31(54)35(36(65-40)37(58)59)64-38-32(55)28(51)23(50)19-61-38/h7,22-36,38-40,48-57H,8-20H2,1-6H3,(H,58,59)/t22-,23-,24+,25+,26-,27-,28-,29+,30+,31-,32-,33+,34-,35+,36+,38+,39-,40-,43+,44-,45-,46-,47-/m0/s1. The molecule has 66 heavy (non-hydrogen) atoms. The number of fused-ring (bicyclic) bond motifs is 7. The number of carbonyl (C=O) groups is 2. The van der Waals surface area contributed by atoms with Crippen LogP contribution < -0.4 is 0 Å². The highest BCUT2D eigenvalue weighted by molar-refractivity contribution is 5.79. The summed E-state index contributed by atoms with van der Waals surface area (Å²) in [6.45, 7) is 12.0. The van der Waals surface area contributed by atoms with Crippen LogP contribution in [0.25, 0.3) is 0 Å². The lowest BCUT2D eigenvalue weighted by Crippen LogP contribution is -2.67. The second-order valence-electron chi connectivity index (χ2n) is 22.9. The first-order valence-electron chi connectivity index (χ1n) is 23.9. The summed E-state index contributed by atoms with van der Waals surface area (Å²) in [7, 11) is 0. The molecule has 0 radical (unpaired) electrons. The summed E-state index contributed by atoms with van der Waals surface area (Å²) in [5.41, 5.74) is -1.62. The third-order valence-corrected chi connectivity index (χ3v) is 19.0. The Morgan fingerprint density at radius 1 is 0.712 bits per heavy atom. The molecule has 11 N–H and O–H groups in total. The Morgan fingerprint density at radius 2 is 1.38 bits per heavy atom. The van der Waals surface area contributed by atoms with Crippen LogP contribution in [0.3, 0.4) is 0 Å². The summed E-state index contributed by atoms with van der Waals surface area (Å²) in [5, 5.41) is 116. The van der Waals surface area contributed by atoms with Crippen LogP contribution in [0.5, 0.6) is 0 Å². The molecule has 4 saturated carbocycles. The van der Waals surface area contributed by atoms with Crippen molar-refractivity contribution in [1.29, 1.82) is 0 Å². The first-order valence-corrected chi connectivity index (χ1v) is 23.9. The third-order valence-electron chi connectivity index (χ3n) is 19.0. The van der Waals surface area contributed by atoms with Crippen LogP contribution in [-0.2, 0) is 38.0 Å². The van der Waals surface area contributed by atoms with Crippen molar-refractivity contribution in [1.82, 2.24) is 0 Å². The van der Waals surface area contributed by atoms with Crippen molar-refractivity contribution < 1.29 is 94.2 Å². The molecule has 376 valence electrons. The number of hydrogen-bond donors (Lipinski definition) is 11. The Balaban J connectivity index is 1.03. The van der Waals surface area contributed by atoms with Crippen LogP contribution in [0.15, 0.2) is 11.6 Å². The molecular weight excluding hydrogens is 868 g/mol. The summed E-state index contributed by atoms with van der Waals surface area (Å²) in [4.78, 5) is 27.2. The molecule has 3 heterocycles. The number of aliphatic hydroxyl groups excluding tert-OH is 10. The minimum Gasteiger partial charge on any atom is -0.479 e. The van der Waals surface area contributed by atoms with Crippen molar-refractivity contribution in [2.24, 2.45) is 50.2 Å². The summed E-state index contributed by atoms with van der Waals surface area (Å²) in [5.74, 6) is -2.23. The number of carboxylic acids is 1. The number of ether oxygens (including phenoxy) is 6. The lowest BCUT2D eigenvalue weighted by molar-refractivity contribution is -0.356. The highest BCUT2D eigenvalue weighted by Gasteiger charge is 2.70. The SMILES string of the molecule is CC1(C)CC[C@]2(C(=O)O[C@@H]3O[C@H](CO)[C@@H](O)[C@@H](O)[C@H]3O)CC[C@@]3(C)C(=CC[C@H]4[C@]5(C)CC[C@H](O[C@H]6O[C@@H](C(=O)O)[C@H](O[C@H]7OC[C@H](O)[C@H](O)[C@@H]7O)[C@@H](O)[C@@H]6O)[C@@](C)(CO)[C@@H]5CC[C@@]43C)[C@@H]2C1. The fourth-order valence-corrected chi connectivity index (χ4v) is 14.7. The van der Waals surface area contributed by atoms with Gasteiger partial charge in [0.1, 0.15) is 61.0 Å². The number of aliphatic hydroxyl groups is 10. The predicted octanol–water partition coefficient (Wildman–Crippen LogP) is -0.156. The Morgan fingerprint density at radius 3 is 2.05 bits per heavy atom. The molecule has 0 spiro atoms. The molecule has 0 aromatic rings. The fraction of sp³-hybridized carbons (Fsp3) is 0.915. The monoisotopic (exact) mass is 942 g/mol. The summed E-state index contributed by atoms with van der Waals surface area (Å²) >= 11 is 0. The number of carboxylic acid groups (broad SMARTS) is 1. The maximum atomic E-state index is 14.7. The number of rotatable bonds is 9. The van der Waals surface area contributed by atoms with Gasteiger partial charge < -0.3 is 84.6 Å². The van der Waals surface area contributed by atoms with Crippen molar-refractivity contribution in [2.75, 3.05) is 19.8 Å². The predicted molar refractivity (Wildman–Crippen MR) is 226 cm³/mol. The van der Waals surface area contributed by atoms with Gasteiger partial charge in [0.2, 0.25) is 6.29 Å². The third kappa shape index (κ3) is 7.73. The van der Waals surface area contributed by atoms with Gasteiger partial charge in [0.25, 0.3) is 0 Å². The lowest BCUT2D eigenvalue weighted by atomic mass is 9.33. The number of esters is 1. The number of hydrogen-bond acceptors (Lipinski definition) is 18. The van der Waals surface area contributed by atoms with Crippen molar-refractivity contribution >= 4 is 11.9 Å². The molecule has 0 bridgehead atoms. The summed E-state index contributed by atoms with van der Waals surface area (Å²) in [6, 6.07) is 0. The molecule has 19 nitrogen and oxygen atoms in total. The van der Waals surface area contributed by atoms with Gasteiger partial charge in [0.15, 0.2) is 18.7 Å². The van der Waals surface area contributed by atoms with Gasteiger partial charge in [0, 0.05) is 5.41 Å². The molecule has 8 rings (SSSR count). The fourth-order valence-electron chi connectivity index (χ4n) is 14.7. The summed E-state index contributed by atoms with van der Waals surface area (Å²) < 4.78 is 34.8. The number of allylic oxidation sites excluding steroid dienone is 2. The maximum Gasteiger partial charge on any atom is 0.335 e. The van der Waals surface area contributed by atoms with E-state index in [1.165, 1.54) is 5.57 Å². The largest absolute Gasteiger partial charge is 0.479 e. The van der Waals surface area contributed by atoms with Gasteiger partial charge in [0.05, 0.1) is 31.3 Å². The second-order valence-corrected chi connectivity index (χ2v) is 22.9. The van der Waals surface area contributed by atoms with Gasteiger partial charge in [-0.2, -0.15) is 0 Å². The Hall–Kier alpha value is -1.92. The molecule has 19 heteroatoms. The van der Waals surface area contributed by atoms with E-state index in [0.717, 1.165) is 19.3 Å². The normalized spacial score (nSPS) is 53.5.